The molecule has 17 heavy (non-hydrogen) atoms. The third-order valence-corrected chi connectivity index (χ3v) is 4.05. The third kappa shape index (κ3) is 1.69. The molecule has 0 N–H and O–H groups in total. The van der Waals surface area contributed by atoms with E-state index in [1.165, 1.54) is 28.3 Å². The highest BCUT2D eigenvalue weighted by Gasteiger charge is 2.21. The molecule has 0 saturated heterocycles. The van der Waals surface area contributed by atoms with Crippen molar-refractivity contribution in [2.45, 2.75) is 24.6 Å². The summed E-state index contributed by atoms with van der Waals surface area (Å²) in [5, 5.41) is 2.63. The predicted octanol–water partition coefficient (Wildman–Crippen LogP) is 4.46. The van der Waals surface area contributed by atoms with Gasteiger partial charge in [0.15, 0.2) is 0 Å². The summed E-state index contributed by atoms with van der Waals surface area (Å²) in [6.07, 6.45) is 3.37. The van der Waals surface area contributed by atoms with Crippen LogP contribution >= 0.6 is 11.6 Å². The molecule has 0 radical (unpaired) electrons. The SMILES string of the molecule is COc1cc2c(c3ccccc13)CCCC2Cl. The monoisotopic (exact) mass is 246 g/mol. The first kappa shape index (κ1) is 10.9. The second-order valence-corrected chi connectivity index (χ2v) is 5.08. The molecule has 0 aromatic heterocycles. The van der Waals surface area contributed by atoms with E-state index in [-0.39, 0.29) is 5.38 Å². The molecule has 0 bridgehead atoms. The Morgan fingerprint density at radius 1 is 1.24 bits per heavy atom. The van der Waals surface area contributed by atoms with Gasteiger partial charge in [0.2, 0.25) is 0 Å². The van der Waals surface area contributed by atoms with Crippen LogP contribution in [-0.2, 0) is 6.42 Å². The van der Waals surface area contributed by atoms with Crippen molar-refractivity contribution in [1.29, 1.82) is 0 Å². The number of fused-ring (bicyclic) bond motifs is 3. The summed E-state index contributed by atoms with van der Waals surface area (Å²) in [7, 11) is 1.72. The van der Waals surface area contributed by atoms with Crippen molar-refractivity contribution in [3.63, 3.8) is 0 Å². The van der Waals surface area contributed by atoms with Gasteiger partial charge in [-0.1, -0.05) is 24.3 Å². The van der Waals surface area contributed by atoms with Crippen LogP contribution in [0.25, 0.3) is 10.8 Å². The van der Waals surface area contributed by atoms with Gasteiger partial charge in [-0.15, -0.1) is 11.6 Å². The molecule has 1 aliphatic carbocycles. The molecular weight excluding hydrogens is 232 g/mol. The number of aryl methyl sites for hydroxylation is 1. The summed E-state index contributed by atoms with van der Waals surface area (Å²) in [6, 6.07) is 10.5. The zero-order valence-corrected chi connectivity index (χ0v) is 10.6. The van der Waals surface area contributed by atoms with E-state index in [0.717, 1.165) is 18.6 Å². The van der Waals surface area contributed by atoms with Gasteiger partial charge in [-0.3, -0.25) is 0 Å². The van der Waals surface area contributed by atoms with Gasteiger partial charge in [0.25, 0.3) is 0 Å². The van der Waals surface area contributed by atoms with Crippen molar-refractivity contribution in [3.05, 3.63) is 41.5 Å². The number of methoxy groups -OCH3 is 1. The summed E-state index contributed by atoms with van der Waals surface area (Å²) in [5.41, 5.74) is 2.67. The van der Waals surface area contributed by atoms with E-state index in [4.69, 9.17) is 16.3 Å². The van der Waals surface area contributed by atoms with Crippen LogP contribution in [0.2, 0.25) is 0 Å². The number of hydrogen-bond acceptors (Lipinski definition) is 1. The zero-order valence-electron chi connectivity index (χ0n) is 9.87. The number of ether oxygens (including phenoxy) is 1. The minimum absolute atomic E-state index is 0.136. The first-order chi connectivity index (χ1) is 8.31. The smallest absolute Gasteiger partial charge is 0.127 e. The minimum Gasteiger partial charge on any atom is -0.496 e. The Morgan fingerprint density at radius 3 is 2.76 bits per heavy atom. The first-order valence-corrected chi connectivity index (χ1v) is 6.47. The molecule has 1 unspecified atom stereocenters. The van der Waals surface area contributed by atoms with E-state index in [9.17, 15) is 0 Å². The molecule has 2 heteroatoms. The van der Waals surface area contributed by atoms with Gasteiger partial charge in [-0.05, 0) is 41.8 Å². The van der Waals surface area contributed by atoms with Crippen molar-refractivity contribution in [2.24, 2.45) is 0 Å². The molecule has 1 atom stereocenters. The fourth-order valence-corrected chi connectivity index (χ4v) is 3.11. The largest absolute Gasteiger partial charge is 0.496 e. The molecule has 1 nitrogen and oxygen atoms in total. The summed E-state index contributed by atoms with van der Waals surface area (Å²) < 4.78 is 5.48. The van der Waals surface area contributed by atoms with E-state index >= 15 is 0 Å². The minimum atomic E-state index is 0.136. The Hall–Kier alpha value is -1.21. The molecule has 0 aliphatic heterocycles. The first-order valence-electron chi connectivity index (χ1n) is 6.04. The van der Waals surface area contributed by atoms with Crippen molar-refractivity contribution in [2.75, 3.05) is 7.11 Å². The number of rotatable bonds is 1. The van der Waals surface area contributed by atoms with E-state index < -0.39 is 0 Å². The predicted molar refractivity (Wildman–Crippen MR) is 72.0 cm³/mol. The van der Waals surface area contributed by atoms with Gasteiger partial charge in [-0.2, -0.15) is 0 Å². The lowest BCUT2D eigenvalue weighted by Crippen LogP contribution is -2.06. The molecule has 2 aromatic carbocycles. The Kier molecular flexibility index (Phi) is 2.71. The standard InChI is InChI=1S/C15H15ClO/c1-17-15-9-13-11(7-4-8-14(13)16)10-5-2-3-6-12(10)15/h2-3,5-6,9,14H,4,7-8H2,1H3. The zero-order chi connectivity index (χ0) is 11.8. The highest BCUT2D eigenvalue weighted by atomic mass is 35.5. The van der Waals surface area contributed by atoms with Crippen LogP contribution in [0.5, 0.6) is 5.75 Å². The van der Waals surface area contributed by atoms with Crippen LogP contribution in [0.1, 0.15) is 29.3 Å². The van der Waals surface area contributed by atoms with E-state index in [0.29, 0.717) is 0 Å². The molecule has 3 rings (SSSR count). The molecule has 2 aromatic rings. The van der Waals surface area contributed by atoms with Crippen molar-refractivity contribution in [1.82, 2.24) is 0 Å². The molecule has 0 amide bonds. The highest BCUT2D eigenvalue weighted by molar-refractivity contribution is 6.21. The number of hydrogen-bond donors (Lipinski definition) is 0. The summed E-state index contributed by atoms with van der Waals surface area (Å²) >= 11 is 6.42. The Morgan fingerprint density at radius 2 is 2.00 bits per heavy atom. The second kappa shape index (κ2) is 4.23. The Labute approximate surface area is 106 Å². The molecule has 0 fully saturated rings. The normalized spacial score (nSPS) is 19.1. The molecule has 1 aliphatic rings. The molecular formula is C15H15ClO. The molecule has 0 saturated carbocycles. The quantitative estimate of drug-likeness (QED) is 0.675. The van der Waals surface area contributed by atoms with Crippen LogP contribution < -0.4 is 4.74 Å². The lowest BCUT2D eigenvalue weighted by atomic mass is 9.87. The maximum absolute atomic E-state index is 6.42. The highest BCUT2D eigenvalue weighted by Crippen LogP contribution is 2.41. The van der Waals surface area contributed by atoms with Gasteiger partial charge >= 0.3 is 0 Å². The van der Waals surface area contributed by atoms with Crippen LogP contribution in [0.15, 0.2) is 30.3 Å². The summed E-state index contributed by atoms with van der Waals surface area (Å²) in [4.78, 5) is 0. The topological polar surface area (TPSA) is 9.23 Å². The van der Waals surface area contributed by atoms with Crippen LogP contribution in [0, 0.1) is 0 Å². The fourth-order valence-electron chi connectivity index (χ4n) is 2.76. The van der Waals surface area contributed by atoms with Gasteiger partial charge in [0.05, 0.1) is 12.5 Å². The maximum Gasteiger partial charge on any atom is 0.127 e. The summed E-state index contributed by atoms with van der Waals surface area (Å²) in [6.45, 7) is 0. The van der Waals surface area contributed by atoms with E-state index in [1.807, 2.05) is 0 Å². The van der Waals surface area contributed by atoms with Crippen LogP contribution in [0.3, 0.4) is 0 Å². The second-order valence-electron chi connectivity index (χ2n) is 4.55. The van der Waals surface area contributed by atoms with Crippen molar-refractivity contribution < 1.29 is 4.74 Å². The van der Waals surface area contributed by atoms with Crippen molar-refractivity contribution >= 4 is 22.4 Å². The lowest BCUT2D eigenvalue weighted by molar-refractivity contribution is 0.418. The van der Waals surface area contributed by atoms with E-state index in [1.54, 1.807) is 7.11 Å². The summed E-state index contributed by atoms with van der Waals surface area (Å²) in [5.74, 6) is 0.937. The van der Waals surface area contributed by atoms with Crippen LogP contribution in [0.4, 0.5) is 0 Å². The average molecular weight is 247 g/mol. The van der Waals surface area contributed by atoms with Crippen molar-refractivity contribution in [3.8, 4) is 5.75 Å². The average Bonchev–Trinajstić information content (AvgIpc) is 2.38. The number of halogens is 1. The van der Waals surface area contributed by atoms with Gasteiger partial charge in [-0.25, -0.2) is 0 Å². The maximum atomic E-state index is 6.42. The third-order valence-electron chi connectivity index (χ3n) is 3.59. The van der Waals surface area contributed by atoms with Gasteiger partial charge in [0, 0.05) is 5.39 Å². The van der Waals surface area contributed by atoms with Crippen LogP contribution in [-0.4, -0.2) is 7.11 Å². The van der Waals surface area contributed by atoms with E-state index in [2.05, 4.69) is 30.3 Å². The van der Waals surface area contributed by atoms with Gasteiger partial charge < -0.3 is 4.74 Å². The number of alkyl halides is 1. The Bertz CT molecular complexity index is 562. The number of benzene rings is 2. The Balaban J connectivity index is 2.36. The van der Waals surface area contributed by atoms with Gasteiger partial charge in [0.1, 0.15) is 5.75 Å². The molecule has 0 spiro atoms. The molecule has 88 valence electrons. The lowest BCUT2D eigenvalue weighted by Gasteiger charge is -2.23. The fraction of sp³-hybridized carbons (Fsp3) is 0.333. The molecule has 0 heterocycles.